The van der Waals surface area contributed by atoms with Crippen LogP contribution in [-0.4, -0.2) is 11.0 Å². The number of halogens is 1. The average Bonchev–Trinajstić information content (AvgIpc) is 2.39. The molecule has 1 fully saturated rings. The van der Waals surface area contributed by atoms with Gasteiger partial charge in [0.15, 0.2) is 5.75 Å². The largest absolute Gasteiger partial charge is 0.483 e. The van der Waals surface area contributed by atoms with Gasteiger partial charge in [0.05, 0.1) is 4.92 Å². The molecule has 1 aromatic rings. The van der Waals surface area contributed by atoms with Gasteiger partial charge in [-0.15, -0.1) is 0 Å². The van der Waals surface area contributed by atoms with Crippen molar-refractivity contribution >= 4 is 5.69 Å². The second-order valence-corrected chi connectivity index (χ2v) is 4.98. The molecule has 1 saturated carbocycles. The molecule has 0 bridgehead atoms. The summed E-state index contributed by atoms with van der Waals surface area (Å²) < 4.78 is 19.0. The summed E-state index contributed by atoms with van der Waals surface area (Å²) in [6.45, 7) is 2.09. The minimum absolute atomic E-state index is 0.0424. The van der Waals surface area contributed by atoms with Crippen molar-refractivity contribution in [2.24, 2.45) is 5.92 Å². The van der Waals surface area contributed by atoms with Crippen LogP contribution < -0.4 is 4.74 Å². The Labute approximate surface area is 111 Å². The summed E-state index contributed by atoms with van der Waals surface area (Å²) in [7, 11) is 0. The molecule has 4 nitrogen and oxygen atoms in total. The maximum atomic E-state index is 13.2. The fourth-order valence-electron chi connectivity index (χ4n) is 2.69. The van der Waals surface area contributed by atoms with E-state index in [4.69, 9.17) is 4.74 Å². The van der Waals surface area contributed by atoms with Gasteiger partial charge < -0.3 is 4.74 Å². The molecule has 2 unspecified atom stereocenters. The van der Waals surface area contributed by atoms with Gasteiger partial charge in [-0.05, 0) is 37.7 Å². The Kier molecular flexibility index (Phi) is 4.35. The molecule has 2 atom stereocenters. The van der Waals surface area contributed by atoms with E-state index < -0.39 is 10.7 Å². The maximum Gasteiger partial charge on any atom is 0.311 e. The summed E-state index contributed by atoms with van der Waals surface area (Å²) in [5.74, 6) is -0.0589. The van der Waals surface area contributed by atoms with Gasteiger partial charge in [0, 0.05) is 12.1 Å². The van der Waals surface area contributed by atoms with E-state index in [0.717, 1.165) is 43.9 Å². The van der Waals surface area contributed by atoms with Crippen LogP contribution >= 0.6 is 0 Å². The Hall–Kier alpha value is -1.65. The molecule has 0 aliphatic heterocycles. The molecule has 1 aromatic carbocycles. The van der Waals surface area contributed by atoms with E-state index in [1.165, 1.54) is 6.42 Å². The predicted octanol–water partition coefficient (Wildman–Crippen LogP) is 4.08. The van der Waals surface area contributed by atoms with Crippen molar-refractivity contribution in [3.63, 3.8) is 0 Å². The topological polar surface area (TPSA) is 52.4 Å². The third-order valence-corrected chi connectivity index (χ3v) is 3.76. The molecule has 1 aliphatic carbocycles. The smallest absolute Gasteiger partial charge is 0.311 e. The lowest BCUT2D eigenvalue weighted by molar-refractivity contribution is -0.386. The molecule has 0 radical (unpaired) electrons. The molecular formula is C14H18FNO3. The molecule has 0 heterocycles. The molecule has 104 valence electrons. The standard InChI is InChI=1S/C14H18FNO3/c1-2-10-5-3-4-6-13(10)19-14-9-11(15)7-8-12(14)16(17)18/h7-10,13H,2-6H2,1H3. The van der Waals surface area contributed by atoms with Gasteiger partial charge >= 0.3 is 5.69 Å². The molecule has 0 N–H and O–H groups in total. The van der Waals surface area contributed by atoms with Crippen molar-refractivity contribution in [3.8, 4) is 5.75 Å². The van der Waals surface area contributed by atoms with E-state index >= 15 is 0 Å². The van der Waals surface area contributed by atoms with Crippen LogP contribution in [0, 0.1) is 21.8 Å². The summed E-state index contributed by atoms with van der Waals surface area (Å²) >= 11 is 0. The average molecular weight is 267 g/mol. The molecule has 19 heavy (non-hydrogen) atoms. The van der Waals surface area contributed by atoms with Gasteiger partial charge in [-0.1, -0.05) is 13.3 Å². The van der Waals surface area contributed by atoms with Gasteiger partial charge in [-0.25, -0.2) is 4.39 Å². The zero-order chi connectivity index (χ0) is 13.8. The zero-order valence-electron chi connectivity index (χ0n) is 11.0. The Bertz CT molecular complexity index is 464. The number of hydrogen-bond donors (Lipinski definition) is 0. The van der Waals surface area contributed by atoms with Gasteiger partial charge in [-0.2, -0.15) is 0 Å². The third kappa shape index (κ3) is 3.22. The van der Waals surface area contributed by atoms with E-state index in [1.54, 1.807) is 0 Å². The van der Waals surface area contributed by atoms with Gasteiger partial charge in [0.1, 0.15) is 11.9 Å². The molecule has 1 aliphatic rings. The number of ether oxygens (including phenoxy) is 1. The number of benzene rings is 1. The molecule has 0 aromatic heterocycles. The Morgan fingerprint density at radius 3 is 2.84 bits per heavy atom. The summed E-state index contributed by atoms with van der Waals surface area (Å²) in [5.41, 5.74) is -0.165. The van der Waals surface area contributed by atoms with Crippen molar-refractivity contribution in [3.05, 3.63) is 34.1 Å². The molecule has 0 spiro atoms. The van der Waals surface area contributed by atoms with E-state index in [1.807, 2.05) is 0 Å². The number of nitro groups is 1. The first-order valence-corrected chi connectivity index (χ1v) is 6.72. The van der Waals surface area contributed by atoms with Gasteiger partial charge in [0.2, 0.25) is 0 Å². The second-order valence-electron chi connectivity index (χ2n) is 4.98. The normalized spacial score (nSPS) is 23.1. The van der Waals surface area contributed by atoms with Crippen LogP contribution in [0.1, 0.15) is 39.0 Å². The zero-order valence-corrected chi connectivity index (χ0v) is 11.0. The lowest BCUT2D eigenvalue weighted by atomic mass is 9.85. The van der Waals surface area contributed by atoms with Gasteiger partial charge in [-0.3, -0.25) is 10.1 Å². The number of hydrogen-bond acceptors (Lipinski definition) is 3. The summed E-state index contributed by atoms with van der Waals surface area (Å²) in [5, 5.41) is 10.9. The first-order chi connectivity index (χ1) is 9.11. The van der Waals surface area contributed by atoms with Crippen LogP contribution in [0.4, 0.5) is 10.1 Å². The van der Waals surface area contributed by atoms with Crippen LogP contribution in [-0.2, 0) is 0 Å². The highest BCUT2D eigenvalue weighted by Crippen LogP contribution is 2.34. The fourth-order valence-corrected chi connectivity index (χ4v) is 2.69. The maximum absolute atomic E-state index is 13.2. The van der Waals surface area contributed by atoms with E-state index in [0.29, 0.717) is 5.92 Å². The SMILES string of the molecule is CCC1CCCCC1Oc1cc(F)ccc1[N+](=O)[O-]. The van der Waals surface area contributed by atoms with Crippen molar-refractivity contribution < 1.29 is 14.1 Å². The van der Waals surface area contributed by atoms with Crippen molar-refractivity contribution in [1.29, 1.82) is 0 Å². The highest BCUT2D eigenvalue weighted by atomic mass is 19.1. The van der Waals surface area contributed by atoms with Crippen LogP contribution in [0.2, 0.25) is 0 Å². The van der Waals surface area contributed by atoms with Crippen LogP contribution in [0.5, 0.6) is 5.75 Å². The summed E-state index contributed by atoms with van der Waals surface area (Å²) in [6.07, 6.45) is 5.12. The number of nitrogens with zero attached hydrogens (tertiary/aromatic N) is 1. The first-order valence-electron chi connectivity index (χ1n) is 6.72. The van der Waals surface area contributed by atoms with Gasteiger partial charge in [0.25, 0.3) is 0 Å². The van der Waals surface area contributed by atoms with Crippen molar-refractivity contribution in [1.82, 2.24) is 0 Å². The minimum Gasteiger partial charge on any atom is -0.483 e. The van der Waals surface area contributed by atoms with Crippen molar-refractivity contribution in [2.45, 2.75) is 45.1 Å². The first kappa shape index (κ1) is 13.8. The number of nitro benzene ring substituents is 1. The van der Waals surface area contributed by atoms with Crippen LogP contribution in [0.3, 0.4) is 0 Å². The van der Waals surface area contributed by atoms with E-state index in [9.17, 15) is 14.5 Å². The van der Waals surface area contributed by atoms with E-state index in [2.05, 4.69) is 6.92 Å². The van der Waals surface area contributed by atoms with E-state index in [-0.39, 0.29) is 17.5 Å². The lowest BCUT2D eigenvalue weighted by Crippen LogP contribution is -2.30. The summed E-state index contributed by atoms with van der Waals surface area (Å²) in [6, 6.07) is 3.36. The molecule has 2 rings (SSSR count). The minimum atomic E-state index is -0.529. The second kappa shape index (κ2) is 5.99. The number of rotatable bonds is 4. The summed E-state index contributed by atoms with van der Waals surface area (Å²) in [4.78, 5) is 10.4. The van der Waals surface area contributed by atoms with Crippen LogP contribution in [0.25, 0.3) is 0 Å². The lowest BCUT2D eigenvalue weighted by Gasteiger charge is -2.31. The van der Waals surface area contributed by atoms with Crippen LogP contribution in [0.15, 0.2) is 18.2 Å². The monoisotopic (exact) mass is 267 g/mol. The molecule has 5 heteroatoms. The van der Waals surface area contributed by atoms with Crippen molar-refractivity contribution in [2.75, 3.05) is 0 Å². The predicted molar refractivity (Wildman–Crippen MR) is 69.7 cm³/mol. The third-order valence-electron chi connectivity index (χ3n) is 3.76. The molecular weight excluding hydrogens is 249 g/mol. The highest BCUT2D eigenvalue weighted by Gasteiger charge is 2.28. The quantitative estimate of drug-likeness (QED) is 0.610. The fraction of sp³-hybridized carbons (Fsp3) is 0.571. The molecule has 0 amide bonds. The Morgan fingerprint density at radius 2 is 2.16 bits per heavy atom. The highest BCUT2D eigenvalue weighted by molar-refractivity contribution is 5.46. The Morgan fingerprint density at radius 1 is 1.42 bits per heavy atom. The molecule has 0 saturated heterocycles. The Balaban J connectivity index is 2.21.